The lowest BCUT2D eigenvalue weighted by Crippen LogP contribution is -2.36. The Morgan fingerprint density at radius 3 is 2.48 bits per heavy atom. The molecular weight excluding hydrogens is 488 g/mol. The van der Waals surface area contributed by atoms with Crippen molar-refractivity contribution in [3.8, 4) is 0 Å². The van der Waals surface area contributed by atoms with Gasteiger partial charge in [-0.05, 0) is 29.2 Å². The highest BCUT2D eigenvalue weighted by Crippen LogP contribution is 2.39. The molecule has 1 unspecified atom stereocenters. The van der Waals surface area contributed by atoms with Crippen LogP contribution >= 0.6 is 37.2 Å². The van der Waals surface area contributed by atoms with Crippen molar-refractivity contribution >= 4 is 48.9 Å². The molecule has 4 rings (SSSR count). The van der Waals surface area contributed by atoms with Crippen LogP contribution in [0.25, 0.3) is 0 Å². The first-order valence-corrected chi connectivity index (χ1v) is 13.0. The third-order valence-electron chi connectivity index (χ3n) is 4.03. The highest BCUT2D eigenvalue weighted by molar-refractivity contribution is 15.0. The summed E-state index contributed by atoms with van der Waals surface area (Å²) in [7, 11) is 0. The van der Waals surface area contributed by atoms with Crippen LogP contribution in [0.2, 0.25) is 0 Å². The van der Waals surface area contributed by atoms with Gasteiger partial charge in [0, 0.05) is 42.9 Å². The first-order chi connectivity index (χ1) is 10.3. The van der Waals surface area contributed by atoms with Crippen molar-refractivity contribution in [2.45, 2.75) is 12.5 Å². The van der Waals surface area contributed by atoms with Gasteiger partial charge < -0.3 is 10.6 Å². The fourth-order valence-electron chi connectivity index (χ4n) is 3.15. The Labute approximate surface area is 147 Å². The number of guanidine groups is 1. The second kappa shape index (κ2) is 6.51. The molecule has 2 aromatic rings. The molecular formula is C16H15I2N3. The summed E-state index contributed by atoms with van der Waals surface area (Å²) in [6.07, 6.45) is 0.965. The van der Waals surface area contributed by atoms with E-state index in [9.17, 15) is 0 Å². The second-order valence-electron chi connectivity index (χ2n) is 5.09. The largest absolute Gasteiger partial charge is 0.369 e. The van der Waals surface area contributed by atoms with Gasteiger partial charge >= 0.3 is 0 Å². The summed E-state index contributed by atoms with van der Waals surface area (Å²) in [5, 5.41) is 0. The molecule has 2 aromatic carbocycles. The number of nitrogens with two attached hydrogens (primary N) is 1. The highest BCUT2D eigenvalue weighted by atomic mass is 128. The van der Waals surface area contributed by atoms with E-state index in [4.69, 9.17) is 5.73 Å². The Balaban J connectivity index is 0.000000636. The maximum atomic E-state index is 6.11. The van der Waals surface area contributed by atoms with E-state index in [1.807, 2.05) is 0 Å². The molecule has 5 heteroatoms. The smallest absolute Gasteiger partial charge is 0.196 e. The Bertz CT molecular complexity index is 685. The molecule has 2 aliphatic rings. The molecule has 0 amide bonds. The summed E-state index contributed by atoms with van der Waals surface area (Å²) in [5.41, 5.74) is 11.4. The molecule has 0 saturated carbocycles. The first-order valence-electron chi connectivity index (χ1n) is 6.74. The zero-order valence-electron chi connectivity index (χ0n) is 11.3. The number of hydrogen-bond acceptors (Lipinski definition) is 3. The van der Waals surface area contributed by atoms with Gasteiger partial charge in [0.15, 0.2) is 5.96 Å². The third-order valence-corrected chi connectivity index (χ3v) is 4.03. The summed E-state index contributed by atoms with van der Waals surface area (Å²) in [4.78, 5) is 6.62. The number of nitrogens with zero attached hydrogens (tertiary/aromatic N) is 2. The predicted molar refractivity (Wildman–Crippen MR) is 105 cm³/mol. The molecule has 2 N–H and O–H groups in total. The Hall–Kier alpha value is -0.830. The van der Waals surface area contributed by atoms with Crippen molar-refractivity contribution in [2.75, 3.05) is 11.4 Å². The molecule has 0 radical (unpaired) electrons. The third kappa shape index (κ3) is 2.65. The van der Waals surface area contributed by atoms with Crippen LogP contribution in [0.5, 0.6) is 0 Å². The molecule has 0 saturated heterocycles. The van der Waals surface area contributed by atoms with E-state index in [2.05, 4.69) is 95.7 Å². The van der Waals surface area contributed by atoms with E-state index in [-0.39, 0.29) is 6.04 Å². The average molecular weight is 503 g/mol. The van der Waals surface area contributed by atoms with Crippen LogP contribution in [0.15, 0.2) is 53.5 Å². The maximum Gasteiger partial charge on any atom is 0.196 e. The lowest BCUT2D eigenvalue weighted by Gasteiger charge is -2.26. The van der Waals surface area contributed by atoms with E-state index in [1.165, 1.54) is 22.4 Å². The number of benzene rings is 2. The molecule has 0 fully saturated rings. The topological polar surface area (TPSA) is 41.6 Å². The van der Waals surface area contributed by atoms with Crippen LogP contribution in [0.4, 0.5) is 5.69 Å². The number of halogens is 2. The molecule has 21 heavy (non-hydrogen) atoms. The van der Waals surface area contributed by atoms with Crippen molar-refractivity contribution < 1.29 is 0 Å². The summed E-state index contributed by atoms with van der Waals surface area (Å²) in [6, 6.07) is 17.3. The molecule has 1 atom stereocenters. The van der Waals surface area contributed by atoms with Crippen LogP contribution in [-0.4, -0.2) is 12.5 Å². The van der Waals surface area contributed by atoms with E-state index >= 15 is 0 Å². The lowest BCUT2D eigenvalue weighted by molar-refractivity contribution is 0.768. The zero-order valence-corrected chi connectivity index (χ0v) is 15.7. The van der Waals surface area contributed by atoms with E-state index in [1.54, 1.807) is 0 Å². The van der Waals surface area contributed by atoms with Crippen molar-refractivity contribution in [2.24, 2.45) is 10.7 Å². The molecule has 0 aromatic heterocycles. The Morgan fingerprint density at radius 2 is 1.67 bits per heavy atom. The Kier molecular flexibility index (Phi) is 4.68. The van der Waals surface area contributed by atoms with Gasteiger partial charge in [0.05, 0.1) is 12.6 Å². The van der Waals surface area contributed by atoms with E-state index < -0.39 is 0 Å². The SMILES string of the molecule is II.NC1=NCC2c3ccccc3Cc3ccccc3N12. The van der Waals surface area contributed by atoms with Crippen molar-refractivity contribution in [1.29, 1.82) is 0 Å². The zero-order chi connectivity index (χ0) is 14.8. The van der Waals surface area contributed by atoms with Gasteiger partial charge in [-0.2, -0.15) is 0 Å². The predicted octanol–water partition coefficient (Wildman–Crippen LogP) is 4.24. The van der Waals surface area contributed by atoms with Crippen LogP contribution in [-0.2, 0) is 6.42 Å². The quantitative estimate of drug-likeness (QED) is 0.547. The van der Waals surface area contributed by atoms with Crippen molar-refractivity contribution in [1.82, 2.24) is 0 Å². The van der Waals surface area contributed by atoms with Gasteiger partial charge in [-0.3, -0.25) is 4.99 Å². The Morgan fingerprint density at radius 1 is 1.00 bits per heavy atom. The summed E-state index contributed by atoms with van der Waals surface area (Å²) >= 11 is 4.24. The molecule has 2 aliphatic heterocycles. The highest BCUT2D eigenvalue weighted by Gasteiger charge is 2.33. The van der Waals surface area contributed by atoms with Gasteiger partial charge in [0.2, 0.25) is 0 Å². The number of anilines is 1. The minimum atomic E-state index is 0.250. The minimum Gasteiger partial charge on any atom is -0.369 e. The monoisotopic (exact) mass is 503 g/mol. The van der Waals surface area contributed by atoms with E-state index in [0.29, 0.717) is 5.96 Å². The summed E-state index contributed by atoms with van der Waals surface area (Å²) in [6.45, 7) is 0.747. The molecule has 0 spiro atoms. The van der Waals surface area contributed by atoms with Gasteiger partial charge in [0.1, 0.15) is 0 Å². The van der Waals surface area contributed by atoms with Gasteiger partial charge in [-0.1, -0.05) is 42.5 Å². The maximum absolute atomic E-state index is 6.11. The summed E-state index contributed by atoms with van der Waals surface area (Å²) in [5.74, 6) is 0.633. The van der Waals surface area contributed by atoms with Crippen LogP contribution < -0.4 is 10.6 Å². The lowest BCUT2D eigenvalue weighted by atomic mass is 9.97. The second-order valence-corrected chi connectivity index (χ2v) is 5.09. The van der Waals surface area contributed by atoms with Crippen molar-refractivity contribution in [3.63, 3.8) is 0 Å². The van der Waals surface area contributed by atoms with Crippen LogP contribution in [0.3, 0.4) is 0 Å². The van der Waals surface area contributed by atoms with Crippen LogP contribution in [0, 0.1) is 0 Å². The molecule has 0 aliphatic carbocycles. The van der Waals surface area contributed by atoms with Gasteiger partial charge in [-0.25, -0.2) is 0 Å². The summed E-state index contributed by atoms with van der Waals surface area (Å²) < 4.78 is 0. The normalized spacial score (nSPS) is 18.5. The molecule has 3 nitrogen and oxygen atoms in total. The number of hydrogen-bond donors (Lipinski definition) is 1. The minimum absolute atomic E-state index is 0.250. The number of aliphatic imine (C=N–C) groups is 1. The standard InChI is InChI=1S/C16H15N3.I2/c17-16-18-10-15-13-7-3-1-5-11(13)9-12-6-2-4-8-14(12)19(15)16;1-2/h1-8,15H,9-10H2,(H2,17,18);. The fourth-order valence-corrected chi connectivity index (χ4v) is 3.15. The van der Waals surface area contributed by atoms with Crippen molar-refractivity contribution in [3.05, 3.63) is 65.2 Å². The molecule has 2 heterocycles. The molecule has 108 valence electrons. The average Bonchev–Trinajstić information content (AvgIpc) is 2.85. The van der Waals surface area contributed by atoms with Gasteiger partial charge in [0.25, 0.3) is 0 Å². The molecule has 0 bridgehead atoms. The number of rotatable bonds is 0. The number of para-hydroxylation sites is 1. The number of fused-ring (bicyclic) bond motifs is 5. The van der Waals surface area contributed by atoms with E-state index in [0.717, 1.165) is 13.0 Å². The fraction of sp³-hybridized carbons (Fsp3) is 0.188. The van der Waals surface area contributed by atoms with Crippen LogP contribution in [0.1, 0.15) is 22.7 Å². The first kappa shape index (κ1) is 15.1. The van der Waals surface area contributed by atoms with Gasteiger partial charge in [-0.15, -0.1) is 0 Å².